The summed E-state index contributed by atoms with van der Waals surface area (Å²) in [5.74, 6) is 0.601. The van der Waals surface area contributed by atoms with Gasteiger partial charge in [0, 0.05) is 32.1 Å². The molecule has 0 atom stereocenters. The van der Waals surface area contributed by atoms with Gasteiger partial charge in [0.2, 0.25) is 0 Å². The molecule has 1 aromatic carbocycles. The molecule has 146 valence electrons. The molecule has 4 rings (SSSR count). The highest BCUT2D eigenvalue weighted by molar-refractivity contribution is 7.20. The zero-order chi connectivity index (χ0) is 19.5. The van der Waals surface area contributed by atoms with Crippen LogP contribution >= 0.6 is 11.3 Å². The van der Waals surface area contributed by atoms with Crippen molar-refractivity contribution in [3.8, 4) is 10.9 Å². The fourth-order valence-corrected chi connectivity index (χ4v) is 4.35. The Kier molecular flexibility index (Phi) is 5.43. The van der Waals surface area contributed by atoms with E-state index in [0.717, 1.165) is 23.6 Å². The van der Waals surface area contributed by atoms with Crippen LogP contribution in [0.3, 0.4) is 0 Å². The van der Waals surface area contributed by atoms with E-state index in [1.54, 1.807) is 35.9 Å². The van der Waals surface area contributed by atoms with Gasteiger partial charge < -0.3 is 14.4 Å². The number of carbonyl (C=O) groups excluding carboxylic acids is 1. The van der Waals surface area contributed by atoms with Crippen molar-refractivity contribution in [1.82, 2.24) is 14.9 Å². The van der Waals surface area contributed by atoms with Crippen molar-refractivity contribution < 1.29 is 14.3 Å². The molecule has 0 aliphatic carbocycles. The average molecular weight is 398 g/mol. The fourth-order valence-electron chi connectivity index (χ4n) is 3.32. The summed E-state index contributed by atoms with van der Waals surface area (Å²) in [6.07, 6.45) is 4.96. The zero-order valence-corrected chi connectivity index (χ0v) is 16.9. The number of rotatable bonds is 5. The number of piperidine rings is 1. The molecule has 1 amide bonds. The van der Waals surface area contributed by atoms with Crippen molar-refractivity contribution in [3.63, 3.8) is 0 Å². The molecule has 0 N–H and O–H groups in total. The second kappa shape index (κ2) is 8.14. The van der Waals surface area contributed by atoms with Crippen LogP contribution in [-0.2, 0) is 4.79 Å². The third-order valence-electron chi connectivity index (χ3n) is 4.98. The molecule has 3 aromatic rings. The Morgan fingerprint density at radius 1 is 1.21 bits per heavy atom. The van der Waals surface area contributed by atoms with Crippen LogP contribution in [0.25, 0.3) is 10.2 Å². The lowest BCUT2D eigenvalue weighted by atomic mass is 10.1. The van der Waals surface area contributed by atoms with Gasteiger partial charge in [0.25, 0.3) is 11.1 Å². The first-order chi connectivity index (χ1) is 13.6. The lowest BCUT2D eigenvalue weighted by Gasteiger charge is -2.31. The number of aromatic nitrogens is 2. The topological polar surface area (TPSA) is 64.5 Å². The van der Waals surface area contributed by atoms with Gasteiger partial charge in [-0.3, -0.25) is 9.78 Å². The summed E-state index contributed by atoms with van der Waals surface area (Å²) in [7, 11) is 0. The summed E-state index contributed by atoms with van der Waals surface area (Å²) >= 11 is 1.60. The largest absolute Gasteiger partial charge is 0.482 e. The van der Waals surface area contributed by atoms with Crippen LogP contribution in [0.5, 0.6) is 10.9 Å². The number of fused-ring (bicyclic) bond motifs is 1. The number of aryl methyl sites for hydroxylation is 2. The highest BCUT2D eigenvalue weighted by Gasteiger charge is 2.25. The number of hydrogen-bond acceptors (Lipinski definition) is 6. The SMILES string of the molecule is Cc1ccc(C)c2sc(OC3CCN(C(=O)COc4cccnc4)CC3)nc12. The summed E-state index contributed by atoms with van der Waals surface area (Å²) in [5.41, 5.74) is 3.42. The minimum Gasteiger partial charge on any atom is -0.482 e. The summed E-state index contributed by atoms with van der Waals surface area (Å²) in [4.78, 5) is 22.8. The maximum atomic E-state index is 12.4. The van der Waals surface area contributed by atoms with E-state index in [-0.39, 0.29) is 18.6 Å². The van der Waals surface area contributed by atoms with Gasteiger partial charge in [0.15, 0.2) is 6.61 Å². The summed E-state index contributed by atoms with van der Waals surface area (Å²) in [5, 5.41) is 0.720. The molecule has 1 aliphatic rings. The highest BCUT2D eigenvalue weighted by Crippen LogP contribution is 2.33. The van der Waals surface area contributed by atoms with E-state index in [2.05, 4.69) is 35.9 Å². The molecule has 1 fully saturated rings. The third kappa shape index (κ3) is 4.09. The smallest absolute Gasteiger partial charge is 0.274 e. The van der Waals surface area contributed by atoms with Crippen molar-refractivity contribution in [2.24, 2.45) is 0 Å². The molecule has 0 radical (unpaired) electrons. The number of likely N-dealkylation sites (tertiary alicyclic amines) is 1. The van der Waals surface area contributed by atoms with Gasteiger partial charge in [-0.25, -0.2) is 4.98 Å². The average Bonchev–Trinajstić information content (AvgIpc) is 3.15. The van der Waals surface area contributed by atoms with Crippen LogP contribution in [0.1, 0.15) is 24.0 Å². The van der Waals surface area contributed by atoms with Gasteiger partial charge in [0.05, 0.1) is 16.4 Å². The van der Waals surface area contributed by atoms with Crippen LogP contribution in [0.4, 0.5) is 0 Å². The van der Waals surface area contributed by atoms with Crippen LogP contribution in [0, 0.1) is 13.8 Å². The number of thiazole rings is 1. The Morgan fingerprint density at radius 3 is 2.71 bits per heavy atom. The lowest BCUT2D eigenvalue weighted by Crippen LogP contribution is -2.43. The van der Waals surface area contributed by atoms with E-state index in [9.17, 15) is 4.79 Å². The van der Waals surface area contributed by atoms with Crippen molar-refractivity contribution in [3.05, 3.63) is 47.8 Å². The molecule has 0 unspecified atom stereocenters. The van der Waals surface area contributed by atoms with Gasteiger partial charge in [-0.15, -0.1) is 0 Å². The maximum absolute atomic E-state index is 12.4. The molecule has 1 aliphatic heterocycles. The fraction of sp³-hybridized carbons (Fsp3) is 0.381. The number of benzene rings is 1. The van der Waals surface area contributed by atoms with E-state index in [1.807, 2.05) is 4.90 Å². The molecule has 0 spiro atoms. The van der Waals surface area contributed by atoms with Gasteiger partial charge in [-0.1, -0.05) is 23.5 Å². The second-order valence-electron chi connectivity index (χ2n) is 7.03. The van der Waals surface area contributed by atoms with Crippen molar-refractivity contribution in [2.75, 3.05) is 19.7 Å². The van der Waals surface area contributed by atoms with Gasteiger partial charge in [0.1, 0.15) is 11.9 Å². The molecule has 7 heteroatoms. The predicted molar refractivity (Wildman–Crippen MR) is 109 cm³/mol. The van der Waals surface area contributed by atoms with Crippen molar-refractivity contribution >= 4 is 27.5 Å². The Labute approximate surface area is 168 Å². The van der Waals surface area contributed by atoms with Gasteiger partial charge >= 0.3 is 0 Å². The summed E-state index contributed by atoms with van der Waals surface area (Å²) < 4.78 is 12.8. The molecule has 0 saturated carbocycles. The first-order valence-electron chi connectivity index (χ1n) is 9.44. The normalized spacial score (nSPS) is 15.0. The number of pyridine rings is 1. The molecule has 2 aromatic heterocycles. The van der Waals surface area contributed by atoms with Crippen LogP contribution < -0.4 is 9.47 Å². The molecule has 0 bridgehead atoms. The zero-order valence-electron chi connectivity index (χ0n) is 16.1. The lowest BCUT2D eigenvalue weighted by molar-refractivity contribution is -0.135. The highest BCUT2D eigenvalue weighted by atomic mass is 32.1. The quantitative estimate of drug-likeness (QED) is 0.656. The molecule has 3 heterocycles. The van der Waals surface area contributed by atoms with Crippen LogP contribution in [0.2, 0.25) is 0 Å². The Balaban J connectivity index is 1.30. The summed E-state index contributed by atoms with van der Waals surface area (Å²) in [6.45, 7) is 5.55. The van der Waals surface area contributed by atoms with Gasteiger partial charge in [-0.2, -0.15) is 0 Å². The molecular formula is C21H23N3O3S. The van der Waals surface area contributed by atoms with Crippen molar-refractivity contribution in [1.29, 1.82) is 0 Å². The number of carbonyl (C=O) groups is 1. The van der Waals surface area contributed by atoms with E-state index in [1.165, 1.54) is 15.8 Å². The molecular weight excluding hydrogens is 374 g/mol. The minimum atomic E-state index is -0.00598. The first kappa shape index (κ1) is 18.7. The number of amides is 1. The third-order valence-corrected chi connectivity index (χ3v) is 6.06. The van der Waals surface area contributed by atoms with E-state index < -0.39 is 0 Å². The number of nitrogens with zero attached hydrogens (tertiary/aromatic N) is 3. The number of hydrogen-bond donors (Lipinski definition) is 0. The Morgan fingerprint density at radius 2 is 2.00 bits per heavy atom. The van der Waals surface area contributed by atoms with Gasteiger partial charge in [-0.05, 0) is 37.1 Å². The van der Waals surface area contributed by atoms with E-state index >= 15 is 0 Å². The Bertz CT molecular complexity index is 927. The summed E-state index contributed by atoms with van der Waals surface area (Å²) in [6, 6.07) is 7.80. The van der Waals surface area contributed by atoms with Crippen LogP contribution in [0.15, 0.2) is 36.7 Å². The van der Waals surface area contributed by atoms with Crippen molar-refractivity contribution in [2.45, 2.75) is 32.8 Å². The second-order valence-corrected chi connectivity index (χ2v) is 7.99. The molecule has 1 saturated heterocycles. The van der Waals surface area contributed by atoms with E-state index in [0.29, 0.717) is 18.8 Å². The predicted octanol–water partition coefficient (Wildman–Crippen LogP) is 3.76. The minimum absolute atomic E-state index is 0.00598. The maximum Gasteiger partial charge on any atom is 0.274 e. The van der Waals surface area contributed by atoms with E-state index in [4.69, 9.17) is 9.47 Å². The number of ether oxygens (including phenoxy) is 2. The first-order valence-corrected chi connectivity index (χ1v) is 10.3. The monoisotopic (exact) mass is 397 g/mol. The molecule has 28 heavy (non-hydrogen) atoms. The van der Waals surface area contributed by atoms with Crippen LogP contribution in [-0.4, -0.2) is 46.6 Å². The standard InChI is InChI=1S/C21H23N3O3S/c1-14-5-6-15(2)20-19(14)23-21(28-20)27-16-7-10-24(11-8-16)18(25)13-26-17-4-3-9-22-12-17/h3-6,9,12,16H,7-8,10-11,13H2,1-2H3. The Hall–Kier alpha value is -2.67. The molecule has 6 nitrogen and oxygen atoms in total.